The van der Waals surface area contributed by atoms with E-state index in [9.17, 15) is 0 Å². The summed E-state index contributed by atoms with van der Waals surface area (Å²) in [7, 11) is 3.24. The second-order valence-electron chi connectivity index (χ2n) is 3.95. The van der Waals surface area contributed by atoms with Crippen LogP contribution in [0.2, 0.25) is 0 Å². The van der Waals surface area contributed by atoms with Gasteiger partial charge in [-0.3, -0.25) is 0 Å². The van der Waals surface area contributed by atoms with Crippen molar-refractivity contribution in [3.8, 4) is 11.5 Å². The van der Waals surface area contributed by atoms with Crippen LogP contribution in [0.25, 0.3) is 0 Å². The van der Waals surface area contributed by atoms with E-state index in [2.05, 4.69) is 47.8 Å². The van der Waals surface area contributed by atoms with Crippen molar-refractivity contribution >= 4 is 59.1 Å². The van der Waals surface area contributed by atoms with Crippen LogP contribution in [0.4, 0.5) is 0 Å². The van der Waals surface area contributed by atoms with Gasteiger partial charge in [-0.05, 0) is 66.0 Å². The van der Waals surface area contributed by atoms with Crippen LogP contribution in [0, 0.1) is 0 Å². The molecule has 20 heavy (non-hydrogen) atoms. The summed E-state index contributed by atoms with van der Waals surface area (Å²) < 4.78 is 13.5. The molecule has 7 heteroatoms. The highest BCUT2D eigenvalue weighted by molar-refractivity contribution is 9.13. The van der Waals surface area contributed by atoms with Crippen molar-refractivity contribution in [3.63, 3.8) is 0 Å². The molecule has 1 aromatic carbocycles. The maximum atomic E-state index is 6.36. The molecular formula is C13H12Br3NO2S. The van der Waals surface area contributed by atoms with E-state index in [4.69, 9.17) is 15.2 Å². The van der Waals surface area contributed by atoms with Crippen LogP contribution in [0.15, 0.2) is 30.9 Å². The summed E-state index contributed by atoms with van der Waals surface area (Å²) in [5.74, 6) is 1.41. The normalized spacial score (nSPS) is 12.3. The molecule has 1 heterocycles. The molecule has 0 aliphatic carbocycles. The van der Waals surface area contributed by atoms with Crippen molar-refractivity contribution in [2.24, 2.45) is 5.73 Å². The highest BCUT2D eigenvalue weighted by Crippen LogP contribution is 2.43. The summed E-state index contributed by atoms with van der Waals surface area (Å²) >= 11 is 12.0. The highest BCUT2D eigenvalue weighted by atomic mass is 79.9. The second kappa shape index (κ2) is 6.79. The Morgan fingerprint density at radius 1 is 1.15 bits per heavy atom. The first-order valence-electron chi connectivity index (χ1n) is 5.60. The lowest BCUT2D eigenvalue weighted by atomic mass is 10.0. The van der Waals surface area contributed by atoms with E-state index < -0.39 is 0 Å². The van der Waals surface area contributed by atoms with Gasteiger partial charge in [0.1, 0.15) is 16.0 Å². The molecule has 2 aromatic rings. The number of hydrogen-bond acceptors (Lipinski definition) is 4. The molecule has 0 saturated heterocycles. The molecule has 108 valence electrons. The minimum Gasteiger partial charge on any atom is -0.495 e. The largest absolute Gasteiger partial charge is 0.495 e. The number of hydrogen-bond donors (Lipinski definition) is 1. The van der Waals surface area contributed by atoms with Gasteiger partial charge in [0.05, 0.1) is 24.0 Å². The first kappa shape index (κ1) is 16.3. The van der Waals surface area contributed by atoms with E-state index in [1.54, 1.807) is 25.6 Å². The van der Waals surface area contributed by atoms with Crippen molar-refractivity contribution in [2.75, 3.05) is 14.2 Å². The summed E-state index contributed by atoms with van der Waals surface area (Å²) in [6, 6.07) is 5.55. The zero-order valence-corrected chi connectivity index (χ0v) is 16.3. The summed E-state index contributed by atoms with van der Waals surface area (Å²) in [5.41, 5.74) is 7.27. The van der Waals surface area contributed by atoms with E-state index in [0.29, 0.717) is 11.5 Å². The molecule has 0 aliphatic rings. The number of halogens is 3. The van der Waals surface area contributed by atoms with Crippen LogP contribution >= 0.6 is 59.1 Å². The minimum absolute atomic E-state index is 0.264. The molecular weight excluding hydrogens is 474 g/mol. The van der Waals surface area contributed by atoms with Gasteiger partial charge in [0, 0.05) is 14.9 Å². The fourth-order valence-electron chi connectivity index (χ4n) is 1.83. The molecule has 2 rings (SSSR count). The summed E-state index contributed by atoms with van der Waals surface area (Å²) in [6.07, 6.45) is 0. The third kappa shape index (κ3) is 3.06. The van der Waals surface area contributed by atoms with Crippen LogP contribution < -0.4 is 15.2 Å². The molecule has 3 nitrogen and oxygen atoms in total. The molecule has 0 amide bonds. The van der Waals surface area contributed by atoms with Crippen LogP contribution in [0.5, 0.6) is 11.5 Å². The van der Waals surface area contributed by atoms with Crippen LogP contribution in [-0.2, 0) is 0 Å². The fraction of sp³-hybridized carbons (Fsp3) is 0.231. The van der Waals surface area contributed by atoms with Gasteiger partial charge in [-0.2, -0.15) is 0 Å². The van der Waals surface area contributed by atoms with Gasteiger partial charge in [0.25, 0.3) is 0 Å². The van der Waals surface area contributed by atoms with E-state index in [0.717, 1.165) is 23.2 Å². The van der Waals surface area contributed by atoms with Crippen molar-refractivity contribution in [1.29, 1.82) is 0 Å². The SMILES string of the molecule is COc1ccc(C(N)c2cc(Br)c(Br)s2)c(OC)c1Br. The molecule has 0 bridgehead atoms. The number of nitrogens with two attached hydrogens (primary N) is 1. The third-order valence-corrected chi connectivity index (χ3v) is 6.91. The number of benzene rings is 1. The van der Waals surface area contributed by atoms with Crippen molar-refractivity contribution in [2.45, 2.75) is 6.04 Å². The molecule has 0 saturated carbocycles. The zero-order chi connectivity index (χ0) is 14.9. The lowest BCUT2D eigenvalue weighted by Crippen LogP contribution is -2.12. The lowest BCUT2D eigenvalue weighted by molar-refractivity contribution is 0.385. The summed E-state index contributed by atoms with van der Waals surface area (Å²) in [4.78, 5) is 1.04. The van der Waals surface area contributed by atoms with E-state index in [1.165, 1.54) is 0 Å². The number of rotatable bonds is 4. The van der Waals surface area contributed by atoms with Crippen molar-refractivity contribution < 1.29 is 9.47 Å². The molecule has 2 N–H and O–H groups in total. The third-order valence-electron chi connectivity index (χ3n) is 2.82. The second-order valence-corrected chi connectivity index (χ2v) is 8.00. The summed E-state index contributed by atoms with van der Waals surface area (Å²) in [6.45, 7) is 0. The monoisotopic (exact) mass is 483 g/mol. The molecule has 0 aliphatic heterocycles. The number of methoxy groups -OCH3 is 2. The molecule has 1 unspecified atom stereocenters. The predicted molar refractivity (Wildman–Crippen MR) is 93.0 cm³/mol. The Morgan fingerprint density at radius 3 is 2.35 bits per heavy atom. The average Bonchev–Trinajstić information content (AvgIpc) is 2.77. The van der Waals surface area contributed by atoms with E-state index in [1.807, 2.05) is 18.2 Å². The topological polar surface area (TPSA) is 44.5 Å². The Labute approximate surface area is 146 Å². The van der Waals surface area contributed by atoms with Gasteiger partial charge < -0.3 is 15.2 Å². The van der Waals surface area contributed by atoms with Crippen molar-refractivity contribution in [1.82, 2.24) is 0 Å². The molecule has 1 aromatic heterocycles. The van der Waals surface area contributed by atoms with Gasteiger partial charge in [0.2, 0.25) is 0 Å². The molecule has 0 radical (unpaired) electrons. The van der Waals surface area contributed by atoms with E-state index >= 15 is 0 Å². The quantitative estimate of drug-likeness (QED) is 0.655. The number of ether oxygens (including phenoxy) is 2. The van der Waals surface area contributed by atoms with Gasteiger partial charge in [-0.25, -0.2) is 0 Å². The van der Waals surface area contributed by atoms with Crippen molar-refractivity contribution in [3.05, 3.63) is 41.4 Å². The Hall–Kier alpha value is -0.0800. The van der Waals surface area contributed by atoms with E-state index in [-0.39, 0.29) is 6.04 Å². The first-order valence-corrected chi connectivity index (χ1v) is 8.79. The van der Waals surface area contributed by atoms with Crippen LogP contribution in [0.3, 0.4) is 0 Å². The van der Waals surface area contributed by atoms with Crippen LogP contribution in [-0.4, -0.2) is 14.2 Å². The first-order chi connectivity index (χ1) is 9.49. The van der Waals surface area contributed by atoms with Gasteiger partial charge in [-0.1, -0.05) is 0 Å². The Balaban J connectivity index is 2.49. The minimum atomic E-state index is -0.264. The van der Waals surface area contributed by atoms with Gasteiger partial charge in [0.15, 0.2) is 0 Å². The standard InChI is InChI=1S/C13H12Br3NO2S/c1-18-8-4-3-6(12(19-2)10(8)15)11(17)9-5-7(14)13(16)20-9/h3-5,11H,17H2,1-2H3. The predicted octanol–water partition coefficient (Wildman–Crippen LogP) is 5.10. The molecule has 1 atom stereocenters. The zero-order valence-electron chi connectivity index (χ0n) is 10.7. The van der Waals surface area contributed by atoms with Crippen LogP contribution in [0.1, 0.15) is 16.5 Å². The summed E-state index contributed by atoms with van der Waals surface area (Å²) in [5, 5.41) is 0. The maximum absolute atomic E-state index is 6.36. The number of thiophene rings is 1. The Kier molecular flexibility index (Phi) is 5.53. The van der Waals surface area contributed by atoms with Gasteiger partial charge in [-0.15, -0.1) is 11.3 Å². The Morgan fingerprint density at radius 2 is 1.85 bits per heavy atom. The average molecular weight is 486 g/mol. The highest BCUT2D eigenvalue weighted by Gasteiger charge is 2.21. The van der Waals surface area contributed by atoms with Gasteiger partial charge >= 0.3 is 0 Å². The smallest absolute Gasteiger partial charge is 0.141 e. The fourth-order valence-corrected chi connectivity index (χ4v) is 4.63. The molecule has 0 spiro atoms. The maximum Gasteiger partial charge on any atom is 0.141 e. The lowest BCUT2D eigenvalue weighted by Gasteiger charge is -2.17. The Bertz CT molecular complexity index is 611. The molecule has 0 fully saturated rings.